The van der Waals surface area contributed by atoms with Crippen molar-refractivity contribution in [3.8, 4) is 22.6 Å². The molecule has 0 radical (unpaired) electrons. The van der Waals surface area contributed by atoms with Crippen molar-refractivity contribution in [3.63, 3.8) is 0 Å². The fourth-order valence-corrected chi connectivity index (χ4v) is 4.09. The number of hydrogen-bond donors (Lipinski definition) is 0. The molecule has 4 heteroatoms. The summed E-state index contributed by atoms with van der Waals surface area (Å²) in [6.07, 6.45) is 0.983. The standard InChI is InChI=1S/C29H31NO3/c1-6-15-32-25-13-11-22(12-14-25)23-17-26(30-24-10-8-9-19(3)16-24)28-20(4)33-21(5)29(28)27(18-23)31-7-2/h8-14,16-18H,6-7,15H2,1-5H3. The third kappa shape index (κ3) is 4.95. The molecule has 0 bridgehead atoms. The van der Waals surface area contributed by atoms with E-state index in [4.69, 9.17) is 18.9 Å². The summed E-state index contributed by atoms with van der Waals surface area (Å²) < 4.78 is 17.9. The summed E-state index contributed by atoms with van der Waals surface area (Å²) in [4.78, 5) is 5.05. The van der Waals surface area contributed by atoms with Gasteiger partial charge in [0.15, 0.2) is 0 Å². The molecule has 1 aromatic heterocycles. The van der Waals surface area contributed by atoms with Crippen LogP contribution in [0.2, 0.25) is 0 Å². The van der Waals surface area contributed by atoms with Gasteiger partial charge >= 0.3 is 0 Å². The van der Waals surface area contributed by atoms with Gasteiger partial charge in [0.05, 0.1) is 35.0 Å². The van der Waals surface area contributed by atoms with Crippen molar-refractivity contribution in [2.45, 2.75) is 41.0 Å². The summed E-state index contributed by atoms with van der Waals surface area (Å²) in [5, 5.41) is 2.80. The van der Waals surface area contributed by atoms with Gasteiger partial charge in [0.25, 0.3) is 0 Å². The Kier molecular flexibility index (Phi) is 6.83. The molecule has 0 N–H and O–H groups in total. The summed E-state index contributed by atoms with van der Waals surface area (Å²) in [5.41, 5.74) is 4.19. The van der Waals surface area contributed by atoms with Crippen molar-refractivity contribution in [1.82, 2.24) is 0 Å². The number of aryl methyl sites for hydroxylation is 3. The molecule has 1 heterocycles. The van der Waals surface area contributed by atoms with Crippen molar-refractivity contribution in [3.05, 3.63) is 83.1 Å². The minimum absolute atomic E-state index is 0.566. The number of benzene rings is 2. The summed E-state index contributed by atoms with van der Waals surface area (Å²) in [5.74, 6) is 3.34. The Morgan fingerprint density at radius 2 is 1.55 bits per heavy atom. The molecule has 0 fully saturated rings. The molecule has 0 spiro atoms. The molecule has 0 unspecified atom stereocenters. The Morgan fingerprint density at radius 1 is 0.788 bits per heavy atom. The van der Waals surface area contributed by atoms with E-state index in [2.05, 4.69) is 50.2 Å². The number of furan rings is 1. The second kappa shape index (κ2) is 9.95. The van der Waals surface area contributed by atoms with Crippen LogP contribution in [0.1, 0.15) is 37.4 Å². The Labute approximate surface area is 195 Å². The van der Waals surface area contributed by atoms with Gasteiger partial charge in [-0.1, -0.05) is 31.2 Å². The highest BCUT2D eigenvalue weighted by molar-refractivity contribution is 5.93. The number of ether oxygens (including phenoxy) is 2. The predicted molar refractivity (Wildman–Crippen MR) is 134 cm³/mol. The van der Waals surface area contributed by atoms with Gasteiger partial charge in [-0.05, 0) is 87.2 Å². The quantitative estimate of drug-likeness (QED) is 0.299. The van der Waals surface area contributed by atoms with Crippen molar-refractivity contribution >= 4 is 16.5 Å². The maximum Gasteiger partial charge on any atom is 0.131 e. The van der Waals surface area contributed by atoms with E-state index in [1.807, 2.05) is 45.0 Å². The molecular formula is C29H31NO3. The summed E-state index contributed by atoms with van der Waals surface area (Å²) >= 11 is 0. The second-order valence-electron chi connectivity index (χ2n) is 8.21. The largest absolute Gasteiger partial charge is 0.494 e. The maximum absolute atomic E-state index is 6.11. The van der Waals surface area contributed by atoms with Gasteiger partial charge < -0.3 is 13.9 Å². The highest BCUT2D eigenvalue weighted by Gasteiger charge is 2.15. The topological polar surface area (TPSA) is 44.0 Å². The van der Waals surface area contributed by atoms with Crippen molar-refractivity contribution in [2.24, 2.45) is 4.99 Å². The molecule has 0 saturated heterocycles. The Morgan fingerprint density at radius 3 is 2.24 bits per heavy atom. The van der Waals surface area contributed by atoms with E-state index in [9.17, 15) is 0 Å². The molecule has 3 aromatic carbocycles. The van der Waals surface area contributed by atoms with E-state index < -0.39 is 0 Å². The third-order valence-corrected chi connectivity index (χ3v) is 5.55. The molecule has 0 amide bonds. The summed E-state index contributed by atoms with van der Waals surface area (Å²) in [6.45, 7) is 11.4. The average molecular weight is 442 g/mol. The monoisotopic (exact) mass is 441 g/mol. The van der Waals surface area contributed by atoms with Crippen LogP contribution in [0.4, 0.5) is 5.69 Å². The van der Waals surface area contributed by atoms with E-state index in [0.717, 1.165) is 62.4 Å². The lowest BCUT2D eigenvalue weighted by Crippen LogP contribution is -2.00. The third-order valence-electron chi connectivity index (χ3n) is 5.55. The predicted octanol–water partition coefficient (Wildman–Crippen LogP) is 7.44. The molecule has 4 aromatic rings. The lowest BCUT2D eigenvalue weighted by atomic mass is 10.1. The fraction of sp³-hybridized carbons (Fsp3) is 0.276. The van der Waals surface area contributed by atoms with Crippen LogP contribution in [0.15, 0.2) is 70.1 Å². The van der Waals surface area contributed by atoms with E-state index >= 15 is 0 Å². The van der Waals surface area contributed by atoms with Crippen LogP contribution in [0, 0.1) is 20.8 Å². The van der Waals surface area contributed by atoms with Crippen LogP contribution < -0.4 is 14.8 Å². The van der Waals surface area contributed by atoms with Gasteiger partial charge in [0, 0.05) is 0 Å². The highest BCUT2D eigenvalue weighted by atomic mass is 16.5. The van der Waals surface area contributed by atoms with Crippen molar-refractivity contribution < 1.29 is 13.9 Å². The SMILES string of the molecule is CCCOc1ccc(-c2cc(OCC)c3c(C)oc(C)c3c(=Nc3cccc(C)c3)c2)cc1. The molecule has 4 rings (SSSR count). The maximum atomic E-state index is 6.11. The molecule has 33 heavy (non-hydrogen) atoms. The minimum atomic E-state index is 0.566. The molecule has 0 atom stereocenters. The molecule has 0 saturated carbocycles. The Balaban J connectivity index is 2.00. The van der Waals surface area contributed by atoms with Gasteiger partial charge in [0.1, 0.15) is 23.0 Å². The zero-order chi connectivity index (χ0) is 23.4. The van der Waals surface area contributed by atoms with Gasteiger partial charge in [-0.25, -0.2) is 4.99 Å². The first-order chi connectivity index (χ1) is 16.0. The number of rotatable bonds is 7. The first-order valence-electron chi connectivity index (χ1n) is 11.6. The normalized spacial score (nSPS) is 11.7. The van der Waals surface area contributed by atoms with Crippen molar-refractivity contribution in [2.75, 3.05) is 13.2 Å². The first-order valence-corrected chi connectivity index (χ1v) is 11.6. The van der Waals surface area contributed by atoms with Crippen LogP contribution in [-0.2, 0) is 0 Å². The van der Waals surface area contributed by atoms with Gasteiger partial charge in [0.2, 0.25) is 0 Å². The average Bonchev–Trinajstić information content (AvgIpc) is 2.99. The van der Waals surface area contributed by atoms with E-state index in [1.165, 1.54) is 5.56 Å². The van der Waals surface area contributed by atoms with Crippen molar-refractivity contribution in [1.29, 1.82) is 0 Å². The van der Waals surface area contributed by atoms with Crippen LogP contribution in [0.25, 0.3) is 21.9 Å². The number of fused-ring (bicyclic) bond motifs is 1. The smallest absolute Gasteiger partial charge is 0.131 e. The minimum Gasteiger partial charge on any atom is -0.494 e. The van der Waals surface area contributed by atoms with Crippen LogP contribution >= 0.6 is 0 Å². The van der Waals surface area contributed by atoms with Crippen LogP contribution in [0.3, 0.4) is 0 Å². The molecule has 4 nitrogen and oxygen atoms in total. The lowest BCUT2D eigenvalue weighted by molar-refractivity contribution is 0.317. The zero-order valence-electron chi connectivity index (χ0n) is 20.1. The molecule has 170 valence electrons. The molecular weight excluding hydrogens is 410 g/mol. The van der Waals surface area contributed by atoms with Crippen LogP contribution in [0.5, 0.6) is 11.5 Å². The fourth-order valence-electron chi connectivity index (χ4n) is 4.09. The van der Waals surface area contributed by atoms with Gasteiger partial charge in [-0.2, -0.15) is 0 Å². The molecule has 0 aliphatic carbocycles. The highest BCUT2D eigenvalue weighted by Crippen LogP contribution is 2.34. The second-order valence-corrected chi connectivity index (χ2v) is 8.21. The summed E-state index contributed by atoms with van der Waals surface area (Å²) in [6, 6.07) is 20.6. The first kappa shape index (κ1) is 22.7. The van der Waals surface area contributed by atoms with E-state index in [0.29, 0.717) is 13.2 Å². The van der Waals surface area contributed by atoms with E-state index in [1.54, 1.807) is 0 Å². The van der Waals surface area contributed by atoms with Crippen LogP contribution in [-0.4, -0.2) is 13.2 Å². The molecule has 0 aliphatic rings. The molecule has 0 aliphatic heterocycles. The number of nitrogens with zero attached hydrogens (tertiary/aromatic N) is 1. The lowest BCUT2D eigenvalue weighted by Gasteiger charge is -2.07. The van der Waals surface area contributed by atoms with E-state index in [-0.39, 0.29) is 0 Å². The Bertz CT molecular complexity index is 1330. The zero-order valence-corrected chi connectivity index (χ0v) is 20.1. The Hall–Kier alpha value is -3.53. The number of hydrogen-bond acceptors (Lipinski definition) is 4. The van der Waals surface area contributed by atoms with Gasteiger partial charge in [-0.15, -0.1) is 0 Å². The summed E-state index contributed by atoms with van der Waals surface area (Å²) in [7, 11) is 0. The van der Waals surface area contributed by atoms with Gasteiger partial charge in [-0.3, -0.25) is 0 Å².